The first-order chi connectivity index (χ1) is 16.9. The second kappa shape index (κ2) is 7.60. The number of rotatable bonds is 3. The molecule has 2 aliphatic heterocycles. The Morgan fingerprint density at radius 1 is 0.829 bits per heavy atom. The lowest BCUT2D eigenvalue weighted by Crippen LogP contribution is -2.51. The van der Waals surface area contributed by atoms with Crippen LogP contribution in [0.4, 0.5) is 5.69 Å². The normalized spacial score (nSPS) is 24.3. The number of anilines is 1. The molecule has 174 valence electrons. The van der Waals surface area contributed by atoms with E-state index in [0.717, 1.165) is 4.90 Å². The summed E-state index contributed by atoms with van der Waals surface area (Å²) in [6.45, 7) is 0. The van der Waals surface area contributed by atoms with Crippen molar-refractivity contribution in [2.45, 2.75) is 11.7 Å². The van der Waals surface area contributed by atoms with E-state index in [0.29, 0.717) is 22.0 Å². The second-order valence-electron chi connectivity index (χ2n) is 8.71. The number of benzene rings is 3. The van der Waals surface area contributed by atoms with Crippen LogP contribution in [0.15, 0.2) is 72.8 Å². The Bertz CT molecular complexity index is 1400. The Labute approximate surface area is 205 Å². The Balaban J connectivity index is 1.54. The molecule has 2 fully saturated rings. The molecule has 2 amide bonds. The van der Waals surface area contributed by atoms with Gasteiger partial charge < -0.3 is 9.47 Å². The summed E-state index contributed by atoms with van der Waals surface area (Å²) in [5.74, 6) is -4.31. The smallest absolute Gasteiger partial charge is 0.241 e. The zero-order valence-electron chi connectivity index (χ0n) is 18.4. The topological polar surface area (TPSA) is 90.0 Å². The zero-order chi connectivity index (χ0) is 24.5. The van der Waals surface area contributed by atoms with E-state index in [1.54, 1.807) is 60.7 Å². The molecule has 3 aromatic rings. The number of hydrogen-bond donors (Lipinski definition) is 0. The molecule has 0 aromatic heterocycles. The summed E-state index contributed by atoms with van der Waals surface area (Å²) >= 11 is 6.45. The summed E-state index contributed by atoms with van der Waals surface area (Å²) < 4.78 is 11.4. The molecule has 2 heterocycles. The number of hydrogen-bond acceptors (Lipinski definition) is 6. The Kier molecular flexibility index (Phi) is 4.71. The standard InChI is InChI=1S/C27H18ClNO6/c1-34-15-12-10-14(11-13-15)29-25(32)20-21(26(29)33)27(35-22(20)18-8-4-5-9-19(18)28)23(30)16-6-2-3-7-17(16)24(27)31/h2-13,20-22H,1H3/t20-,21+,22+/m1/s1. The molecule has 3 aromatic carbocycles. The molecule has 0 bridgehead atoms. The molecule has 3 atom stereocenters. The summed E-state index contributed by atoms with van der Waals surface area (Å²) in [6.07, 6.45) is -1.06. The van der Waals surface area contributed by atoms with E-state index in [-0.39, 0.29) is 11.1 Å². The van der Waals surface area contributed by atoms with Crippen LogP contribution >= 0.6 is 11.6 Å². The number of fused-ring (bicyclic) bond motifs is 3. The number of Topliss-reactive ketones (excluding diaryl/α,β-unsaturated/α-hetero) is 2. The van der Waals surface area contributed by atoms with E-state index in [9.17, 15) is 19.2 Å². The van der Waals surface area contributed by atoms with Crippen molar-refractivity contribution in [2.75, 3.05) is 12.0 Å². The van der Waals surface area contributed by atoms with Crippen LogP contribution in [0.3, 0.4) is 0 Å². The van der Waals surface area contributed by atoms with Gasteiger partial charge in [-0.3, -0.25) is 19.2 Å². The molecular formula is C27H18ClNO6. The summed E-state index contributed by atoms with van der Waals surface area (Å²) in [7, 11) is 1.51. The molecule has 0 saturated carbocycles. The lowest BCUT2D eigenvalue weighted by molar-refractivity contribution is -0.127. The molecule has 7 nitrogen and oxygen atoms in total. The van der Waals surface area contributed by atoms with Gasteiger partial charge in [-0.15, -0.1) is 0 Å². The molecule has 0 radical (unpaired) electrons. The molecule has 0 N–H and O–H groups in total. The highest BCUT2D eigenvalue weighted by molar-refractivity contribution is 6.37. The fraction of sp³-hybridized carbons (Fsp3) is 0.185. The van der Waals surface area contributed by atoms with Gasteiger partial charge in [0.05, 0.1) is 30.7 Å². The van der Waals surface area contributed by atoms with Gasteiger partial charge >= 0.3 is 0 Å². The summed E-state index contributed by atoms with van der Waals surface area (Å²) in [6, 6.07) is 19.5. The molecule has 1 spiro atoms. The van der Waals surface area contributed by atoms with Gasteiger partial charge in [-0.1, -0.05) is 54.1 Å². The van der Waals surface area contributed by atoms with Crippen LogP contribution in [0.25, 0.3) is 0 Å². The number of methoxy groups -OCH3 is 1. The van der Waals surface area contributed by atoms with Gasteiger partial charge in [0.1, 0.15) is 5.75 Å². The van der Waals surface area contributed by atoms with Gasteiger partial charge in [-0.25, -0.2) is 4.90 Å². The van der Waals surface area contributed by atoms with Gasteiger partial charge in [0, 0.05) is 21.7 Å². The largest absolute Gasteiger partial charge is 0.497 e. The number of ketones is 2. The molecule has 3 aliphatic rings. The van der Waals surface area contributed by atoms with Crippen LogP contribution in [0.5, 0.6) is 5.75 Å². The fourth-order valence-electron chi connectivity index (χ4n) is 5.49. The highest BCUT2D eigenvalue weighted by atomic mass is 35.5. The van der Waals surface area contributed by atoms with E-state index in [4.69, 9.17) is 21.1 Å². The monoisotopic (exact) mass is 487 g/mol. The molecule has 0 unspecified atom stereocenters. The van der Waals surface area contributed by atoms with Gasteiger partial charge in [-0.05, 0) is 30.3 Å². The quantitative estimate of drug-likeness (QED) is 0.409. The SMILES string of the molecule is COc1ccc(N2C(=O)[C@@H]3[C@@H](C2=O)C2(O[C@H]3c3ccccc3Cl)C(=O)c3ccccc3C2=O)cc1. The van der Waals surface area contributed by atoms with E-state index in [1.807, 2.05) is 0 Å². The maximum absolute atomic E-state index is 13.9. The first-order valence-corrected chi connectivity index (χ1v) is 11.4. The van der Waals surface area contributed by atoms with Crippen molar-refractivity contribution in [1.29, 1.82) is 0 Å². The molecular weight excluding hydrogens is 470 g/mol. The number of carbonyl (C=O) groups is 4. The fourth-order valence-corrected chi connectivity index (χ4v) is 5.73. The first-order valence-electron chi connectivity index (χ1n) is 11.0. The lowest BCUT2D eigenvalue weighted by atomic mass is 9.77. The zero-order valence-corrected chi connectivity index (χ0v) is 19.2. The Morgan fingerprint density at radius 2 is 1.43 bits per heavy atom. The summed E-state index contributed by atoms with van der Waals surface area (Å²) in [5.41, 5.74) is -1.01. The minimum Gasteiger partial charge on any atom is -0.497 e. The molecule has 8 heteroatoms. The van der Waals surface area contributed by atoms with Crippen LogP contribution in [-0.2, 0) is 14.3 Å². The molecule has 35 heavy (non-hydrogen) atoms. The number of nitrogens with zero attached hydrogens (tertiary/aromatic N) is 1. The highest BCUT2D eigenvalue weighted by Gasteiger charge is 2.74. The number of halogens is 1. The third-order valence-corrected chi connectivity index (χ3v) is 7.41. The molecule has 6 rings (SSSR count). The Hall–Kier alpha value is -3.81. The van der Waals surface area contributed by atoms with Crippen molar-refractivity contribution in [2.24, 2.45) is 11.8 Å². The van der Waals surface area contributed by atoms with E-state index in [1.165, 1.54) is 19.2 Å². The average Bonchev–Trinajstić information content (AvgIpc) is 3.44. The van der Waals surface area contributed by atoms with Crippen molar-refractivity contribution >= 4 is 40.7 Å². The highest BCUT2D eigenvalue weighted by Crippen LogP contribution is 2.58. The number of carbonyl (C=O) groups excluding carboxylic acids is 4. The summed E-state index contributed by atoms with van der Waals surface area (Å²) in [4.78, 5) is 56.2. The first kappa shape index (κ1) is 21.7. The van der Waals surface area contributed by atoms with Crippen molar-refractivity contribution < 1.29 is 28.7 Å². The molecule has 1 aliphatic carbocycles. The van der Waals surface area contributed by atoms with E-state index in [2.05, 4.69) is 0 Å². The van der Waals surface area contributed by atoms with Crippen LogP contribution in [0, 0.1) is 11.8 Å². The third kappa shape index (κ3) is 2.76. The van der Waals surface area contributed by atoms with Gasteiger partial charge in [0.2, 0.25) is 29.0 Å². The minimum absolute atomic E-state index is 0.180. The second-order valence-corrected chi connectivity index (χ2v) is 9.12. The predicted octanol–water partition coefficient (Wildman–Crippen LogP) is 4.04. The molecule has 2 saturated heterocycles. The van der Waals surface area contributed by atoms with Crippen molar-refractivity contribution in [3.63, 3.8) is 0 Å². The maximum Gasteiger partial charge on any atom is 0.241 e. The summed E-state index contributed by atoms with van der Waals surface area (Å²) in [5, 5.41) is 0.312. The van der Waals surface area contributed by atoms with Crippen molar-refractivity contribution in [3.8, 4) is 5.75 Å². The van der Waals surface area contributed by atoms with Crippen LogP contribution < -0.4 is 9.64 Å². The van der Waals surface area contributed by atoms with Crippen LogP contribution in [0.1, 0.15) is 32.4 Å². The third-order valence-electron chi connectivity index (χ3n) is 7.06. The van der Waals surface area contributed by atoms with Gasteiger partial charge in [-0.2, -0.15) is 0 Å². The number of imide groups is 1. The van der Waals surface area contributed by atoms with Crippen molar-refractivity contribution in [1.82, 2.24) is 0 Å². The maximum atomic E-state index is 13.9. The van der Waals surface area contributed by atoms with Gasteiger partial charge in [0.15, 0.2) is 0 Å². The Morgan fingerprint density at radius 3 is 2.03 bits per heavy atom. The van der Waals surface area contributed by atoms with Crippen LogP contribution in [0.2, 0.25) is 5.02 Å². The average molecular weight is 488 g/mol. The van der Waals surface area contributed by atoms with E-state index >= 15 is 0 Å². The number of ether oxygens (including phenoxy) is 2. The van der Waals surface area contributed by atoms with Crippen molar-refractivity contribution in [3.05, 3.63) is 94.5 Å². The lowest BCUT2D eigenvalue weighted by Gasteiger charge is -2.27. The van der Waals surface area contributed by atoms with E-state index < -0.39 is 46.9 Å². The minimum atomic E-state index is -2.13. The predicted molar refractivity (Wildman–Crippen MR) is 126 cm³/mol. The van der Waals surface area contributed by atoms with Gasteiger partial charge in [0.25, 0.3) is 0 Å². The number of amides is 2. The van der Waals surface area contributed by atoms with Crippen LogP contribution in [-0.4, -0.2) is 36.1 Å².